The van der Waals surface area contributed by atoms with Crippen LogP contribution in [0.15, 0.2) is 42.7 Å². The van der Waals surface area contributed by atoms with Crippen molar-refractivity contribution in [3.8, 4) is 0 Å². The van der Waals surface area contributed by atoms with Crippen molar-refractivity contribution in [2.45, 2.75) is 51.7 Å². The Labute approximate surface area is 184 Å². The molecule has 2 aliphatic rings. The van der Waals surface area contributed by atoms with Gasteiger partial charge in [-0.2, -0.15) is 0 Å². The SMILES string of the molecule is CC(C)c1ccc([C@](O)(c2cncc(N3CC(C)(C)OC3=O)c2)C2(C)CN(C)C2)cc1. The number of carbonyl (C=O) groups excluding carboxylic acids is 1. The number of amides is 1. The molecule has 1 amide bonds. The second-order valence-electron chi connectivity index (χ2n) is 10.4. The number of likely N-dealkylation sites (tertiary alicyclic amines) is 1. The average molecular weight is 424 g/mol. The van der Waals surface area contributed by atoms with Gasteiger partial charge in [-0.1, -0.05) is 45.0 Å². The largest absolute Gasteiger partial charge is 0.441 e. The highest BCUT2D eigenvalue weighted by atomic mass is 16.6. The number of carbonyl (C=O) groups is 1. The average Bonchev–Trinajstić information content (AvgIpc) is 2.98. The predicted octanol–water partition coefficient (Wildman–Crippen LogP) is 4.13. The Hall–Kier alpha value is -2.44. The fourth-order valence-electron chi connectivity index (χ4n) is 5.09. The number of rotatable bonds is 5. The van der Waals surface area contributed by atoms with Crippen LogP contribution in [0.4, 0.5) is 10.5 Å². The molecule has 0 unspecified atom stereocenters. The second-order valence-corrected chi connectivity index (χ2v) is 10.4. The molecule has 166 valence electrons. The number of anilines is 1. The van der Waals surface area contributed by atoms with Crippen LogP contribution in [0.1, 0.15) is 57.2 Å². The zero-order valence-electron chi connectivity index (χ0n) is 19.3. The van der Waals surface area contributed by atoms with E-state index in [9.17, 15) is 9.90 Å². The Balaban J connectivity index is 1.79. The van der Waals surface area contributed by atoms with Crippen LogP contribution in [-0.4, -0.2) is 53.4 Å². The number of hydrogen-bond donors (Lipinski definition) is 1. The van der Waals surface area contributed by atoms with Gasteiger partial charge in [-0.25, -0.2) is 4.79 Å². The van der Waals surface area contributed by atoms with E-state index in [2.05, 4.69) is 49.8 Å². The number of ether oxygens (including phenoxy) is 1. The maximum Gasteiger partial charge on any atom is 0.415 e. The van der Waals surface area contributed by atoms with Crippen LogP contribution < -0.4 is 4.90 Å². The van der Waals surface area contributed by atoms with Crippen molar-refractivity contribution in [1.82, 2.24) is 9.88 Å². The molecule has 6 nitrogen and oxygen atoms in total. The first-order valence-corrected chi connectivity index (χ1v) is 10.9. The lowest BCUT2D eigenvalue weighted by molar-refractivity contribution is -0.127. The van der Waals surface area contributed by atoms with E-state index in [-0.39, 0.29) is 11.5 Å². The molecular weight excluding hydrogens is 390 g/mol. The lowest BCUT2D eigenvalue weighted by Gasteiger charge is -2.56. The van der Waals surface area contributed by atoms with Gasteiger partial charge in [-0.05, 0) is 44.0 Å². The first-order chi connectivity index (χ1) is 14.4. The minimum absolute atomic E-state index is 0.383. The fraction of sp³-hybridized carbons (Fsp3) is 0.520. The Morgan fingerprint density at radius 3 is 2.23 bits per heavy atom. The highest BCUT2D eigenvalue weighted by Crippen LogP contribution is 2.50. The van der Waals surface area contributed by atoms with Gasteiger partial charge in [0.15, 0.2) is 0 Å². The van der Waals surface area contributed by atoms with E-state index in [4.69, 9.17) is 4.74 Å². The fourth-order valence-corrected chi connectivity index (χ4v) is 5.09. The number of nitrogens with zero attached hydrogens (tertiary/aromatic N) is 3. The monoisotopic (exact) mass is 423 g/mol. The molecule has 2 aliphatic heterocycles. The summed E-state index contributed by atoms with van der Waals surface area (Å²) in [5.41, 5.74) is 1.23. The summed E-state index contributed by atoms with van der Waals surface area (Å²) in [4.78, 5) is 20.6. The van der Waals surface area contributed by atoms with Gasteiger partial charge in [0.25, 0.3) is 0 Å². The van der Waals surface area contributed by atoms with Gasteiger partial charge in [0, 0.05) is 30.3 Å². The van der Waals surface area contributed by atoms with Crippen LogP contribution in [0.25, 0.3) is 0 Å². The molecule has 0 radical (unpaired) electrons. The molecule has 2 saturated heterocycles. The van der Waals surface area contributed by atoms with Crippen molar-refractivity contribution in [3.63, 3.8) is 0 Å². The van der Waals surface area contributed by atoms with Gasteiger partial charge in [0.1, 0.15) is 11.2 Å². The molecule has 0 saturated carbocycles. The Morgan fingerprint density at radius 2 is 1.71 bits per heavy atom. The standard InChI is InChI=1S/C25H33N3O3/c1-17(2)18-7-9-19(10-8-18)25(30,24(5)15-27(6)16-24)20-11-21(13-26-12-20)28-14-23(3,4)31-22(28)29/h7-13,17,30H,14-16H2,1-6H3/t25-/m0/s1. The van der Waals surface area contributed by atoms with Crippen molar-refractivity contribution in [2.24, 2.45) is 5.41 Å². The third kappa shape index (κ3) is 3.62. The number of aliphatic hydroxyl groups is 1. The number of pyridine rings is 1. The van der Waals surface area contributed by atoms with E-state index in [0.29, 0.717) is 23.7 Å². The van der Waals surface area contributed by atoms with E-state index < -0.39 is 11.2 Å². The molecule has 3 heterocycles. The van der Waals surface area contributed by atoms with Gasteiger partial charge < -0.3 is 14.7 Å². The van der Waals surface area contributed by atoms with Gasteiger partial charge in [-0.3, -0.25) is 9.88 Å². The zero-order valence-corrected chi connectivity index (χ0v) is 19.3. The minimum atomic E-state index is -1.24. The summed E-state index contributed by atoms with van der Waals surface area (Å²) in [6.07, 6.45) is 2.99. The Bertz CT molecular complexity index is 980. The smallest absolute Gasteiger partial charge is 0.415 e. The number of aromatic nitrogens is 1. The van der Waals surface area contributed by atoms with Crippen molar-refractivity contribution in [2.75, 3.05) is 31.6 Å². The second kappa shape index (κ2) is 7.31. The third-order valence-electron chi connectivity index (χ3n) is 6.68. The highest BCUT2D eigenvalue weighted by molar-refractivity contribution is 5.90. The first-order valence-electron chi connectivity index (χ1n) is 10.9. The van der Waals surface area contributed by atoms with Gasteiger partial charge in [0.05, 0.1) is 18.4 Å². The summed E-state index contributed by atoms with van der Waals surface area (Å²) in [6, 6.07) is 10.1. The highest BCUT2D eigenvalue weighted by Gasteiger charge is 2.55. The summed E-state index contributed by atoms with van der Waals surface area (Å²) < 4.78 is 5.47. The molecular formula is C25H33N3O3. The van der Waals surface area contributed by atoms with Crippen molar-refractivity contribution in [3.05, 3.63) is 59.4 Å². The first kappa shape index (κ1) is 21.8. The topological polar surface area (TPSA) is 65.9 Å². The van der Waals surface area contributed by atoms with Crippen LogP contribution >= 0.6 is 0 Å². The van der Waals surface area contributed by atoms with Crippen molar-refractivity contribution >= 4 is 11.8 Å². The molecule has 1 N–H and O–H groups in total. The van der Waals surface area contributed by atoms with Crippen LogP contribution in [-0.2, 0) is 10.3 Å². The number of benzene rings is 1. The number of cyclic esters (lactones) is 1. The van der Waals surface area contributed by atoms with Crippen LogP contribution in [0, 0.1) is 5.41 Å². The normalized spacial score (nSPS) is 22.2. The van der Waals surface area contributed by atoms with E-state index in [0.717, 1.165) is 18.7 Å². The van der Waals surface area contributed by atoms with Gasteiger partial charge in [0.2, 0.25) is 0 Å². The summed E-state index contributed by atoms with van der Waals surface area (Å²) in [6.45, 7) is 12.2. The maximum atomic E-state index is 12.4. The summed E-state index contributed by atoms with van der Waals surface area (Å²) in [5.74, 6) is 0.419. The molecule has 6 heteroatoms. The Kier molecular flexibility index (Phi) is 5.14. The van der Waals surface area contributed by atoms with Gasteiger partial charge >= 0.3 is 6.09 Å². The van der Waals surface area contributed by atoms with Gasteiger partial charge in [-0.15, -0.1) is 0 Å². The molecule has 1 atom stereocenters. The van der Waals surface area contributed by atoms with E-state index in [1.54, 1.807) is 17.3 Å². The third-order valence-corrected chi connectivity index (χ3v) is 6.68. The summed E-state index contributed by atoms with van der Waals surface area (Å²) in [7, 11) is 2.06. The summed E-state index contributed by atoms with van der Waals surface area (Å²) >= 11 is 0. The van der Waals surface area contributed by atoms with Crippen molar-refractivity contribution in [1.29, 1.82) is 0 Å². The molecule has 0 bridgehead atoms. The molecule has 1 aromatic carbocycles. The quantitative estimate of drug-likeness (QED) is 0.783. The molecule has 0 aliphatic carbocycles. The Morgan fingerprint density at radius 1 is 1.06 bits per heavy atom. The molecule has 2 fully saturated rings. The maximum absolute atomic E-state index is 12.4. The van der Waals surface area contributed by atoms with E-state index in [1.807, 2.05) is 32.0 Å². The predicted molar refractivity (Wildman–Crippen MR) is 121 cm³/mol. The van der Waals surface area contributed by atoms with E-state index in [1.165, 1.54) is 5.56 Å². The molecule has 2 aromatic rings. The van der Waals surface area contributed by atoms with Crippen molar-refractivity contribution < 1.29 is 14.6 Å². The summed E-state index contributed by atoms with van der Waals surface area (Å²) in [5, 5.41) is 12.3. The van der Waals surface area contributed by atoms with Crippen LogP contribution in [0.3, 0.4) is 0 Å². The van der Waals surface area contributed by atoms with Crippen LogP contribution in [0.2, 0.25) is 0 Å². The zero-order chi connectivity index (χ0) is 22.6. The lowest BCUT2D eigenvalue weighted by atomic mass is 9.62. The lowest BCUT2D eigenvalue weighted by Crippen LogP contribution is -2.63. The number of hydrogen-bond acceptors (Lipinski definition) is 5. The molecule has 31 heavy (non-hydrogen) atoms. The minimum Gasteiger partial charge on any atom is -0.441 e. The molecule has 4 rings (SSSR count). The molecule has 0 spiro atoms. The molecule has 1 aromatic heterocycles. The van der Waals surface area contributed by atoms with E-state index >= 15 is 0 Å². The van der Waals surface area contributed by atoms with Crippen LogP contribution in [0.5, 0.6) is 0 Å².